The molecule has 0 amide bonds. The van der Waals surface area contributed by atoms with Crippen molar-refractivity contribution in [3.8, 4) is 0 Å². The van der Waals surface area contributed by atoms with Gasteiger partial charge in [-0.05, 0) is 11.1 Å². The molecular formula is C18H21NO3. The number of methoxy groups -OCH3 is 1. The second-order valence-electron chi connectivity index (χ2n) is 5.10. The van der Waals surface area contributed by atoms with Crippen LogP contribution in [0.1, 0.15) is 17.2 Å². The highest BCUT2D eigenvalue weighted by atomic mass is 16.5. The molecule has 0 aromatic heterocycles. The zero-order valence-electron chi connectivity index (χ0n) is 12.6. The van der Waals surface area contributed by atoms with Gasteiger partial charge in [0.25, 0.3) is 0 Å². The van der Waals surface area contributed by atoms with Crippen molar-refractivity contribution in [2.75, 3.05) is 13.7 Å². The Hall–Kier alpha value is -2.17. The van der Waals surface area contributed by atoms with E-state index >= 15 is 0 Å². The largest absolute Gasteiger partial charge is 0.469 e. The monoisotopic (exact) mass is 299 g/mol. The van der Waals surface area contributed by atoms with E-state index in [9.17, 15) is 9.90 Å². The van der Waals surface area contributed by atoms with Gasteiger partial charge in [0.2, 0.25) is 0 Å². The maximum Gasteiger partial charge on any atom is 0.312 e. The van der Waals surface area contributed by atoms with E-state index in [0.717, 1.165) is 5.56 Å². The Balaban J connectivity index is 1.99. The van der Waals surface area contributed by atoms with Gasteiger partial charge in [0.1, 0.15) is 0 Å². The van der Waals surface area contributed by atoms with Crippen molar-refractivity contribution in [1.29, 1.82) is 0 Å². The van der Waals surface area contributed by atoms with Crippen molar-refractivity contribution in [2.24, 2.45) is 5.92 Å². The molecule has 2 N–H and O–H groups in total. The van der Waals surface area contributed by atoms with Crippen LogP contribution in [0.25, 0.3) is 0 Å². The van der Waals surface area contributed by atoms with Crippen LogP contribution < -0.4 is 5.32 Å². The molecule has 4 nitrogen and oxygen atoms in total. The van der Waals surface area contributed by atoms with Crippen molar-refractivity contribution >= 4 is 5.97 Å². The molecule has 2 atom stereocenters. The number of hydrogen-bond donors (Lipinski definition) is 2. The number of esters is 1. The maximum absolute atomic E-state index is 11.9. The first-order valence-electron chi connectivity index (χ1n) is 7.28. The van der Waals surface area contributed by atoms with E-state index in [2.05, 4.69) is 5.32 Å². The van der Waals surface area contributed by atoms with E-state index in [-0.39, 0.29) is 0 Å². The first-order chi connectivity index (χ1) is 10.7. The van der Waals surface area contributed by atoms with Gasteiger partial charge in [-0.2, -0.15) is 0 Å². The molecule has 4 heteroatoms. The lowest BCUT2D eigenvalue weighted by Crippen LogP contribution is -2.33. The van der Waals surface area contributed by atoms with Crippen molar-refractivity contribution in [3.05, 3.63) is 71.8 Å². The van der Waals surface area contributed by atoms with Crippen molar-refractivity contribution < 1.29 is 14.6 Å². The molecule has 0 spiro atoms. The lowest BCUT2D eigenvalue weighted by molar-refractivity contribution is -0.149. The van der Waals surface area contributed by atoms with Crippen LogP contribution in [0.4, 0.5) is 0 Å². The molecule has 0 fully saturated rings. The molecule has 0 saturated carbocycles. The Labute approximate surface area is 130 Å². The minimum atomic E-state index is -0.892. The fraction of sp³-hybridized carbons (Fsp3) is 0.278. The van der Waals surface area contributed by atoms with Gasteiger partial charge in [-0.25, -0.2) is 0 Å². The molecule has 0 bridgehead atoms. The number of aliphatic hydroxyl groups excluding tert-OH is 1. The number of hydrogen-bond acceptors (Lipinski definition) is 4. The van der Waals surface area contributed by atoms with Crippen LogP contribution in [0.2, 0.25) is 0 Å². The second-order valence-corrected chi connectivity index (χ2v) is 5.10. The quantitative estimate of drug-likeness (QED) is 0.770. The first-order valence-corrected chi connectivity index (χ1v) is 7.28. The Kier molecular flexibility index (Phi) is 6.13. The van der Waals surface area contributed by atoms with E-state index in [1.54, 1.807) is 12.1 Å². The molecule has 0 radical (unpaired) electrons. The van der Waals surface area contributed by atoms with Crippen LogP contribution in [0.3, 0.4) is 0 Å². The van der Waals surface area contributed by atoms with E-state index in [1.807, 2.05) is 48.5 Å². The van der Waals surface area contributed by atoms with Gasteiger partial charge in [0.05, 0.1) is 19.1 Å². The summed E-state index contributed by atoms with van der Waals surface area (Å²) >= 11 is 0. The minimum Gasteiger partial charge on any atom is -0.469 e. The molecule has 0 aliphatic rings. The number of benzene rings is 2. The van der Waals surface area contributed by atoms with Crippen molar-refractivity contribution in [2.45, 2.75) is 12.6 Å². The van der Waals surface area contributed by atoms with Crippen LogP contribution in [0.5, 0.6) is 0 Å². The summed E-state index contributed by atoms with van der Waals surface area (Å²) in [5.41, 5.74) is 1.83. The number of rotatable bonds is 7. The van der Waals surface area contributed by atoms with Gasteiger partial charge >= 0.3 is 5.97 Å². The molecule has 0 aliphatic heterocycles. The zero-order chi connectivity index (χ0) is 15.8. The fourth-order valence-corrected chi connectivity index (χ4v) is 2.33. The molecule has 0 heterocycles. The predicted molar refractivity (Wildman–Crippen MR) is 85.1 cm³/mol. The number of ether oxygens (including phenoxy) is 1. The summed E-state index contributed by atoms with van der Waals surface area (Å²) < 4.78 is 4.82. The van der Waals surface area contributed by atoms with Gasteiger partial charge in [-0.1, -0.05) is 60.7 Å². The maximum atomic E-state index is 11.9. The lowest BCUT2D eigenvalue weighted by Gasteiger charge is -2.21. The molecule has 0 saturated heterocycles. The number of nitrogens with one attached hydrogen (secondary N) is 1. The summed E-state index contributed by atoms with van der Waals surface area (Å²) in [5, 5.41) is 13.6. The molecule has 2 rings (SSSR count). The summed E-state index contributed by atoms with van der Waals surface area (Å²) in [4.78, 5) is 11.9. The molecule has 116 valence electrons. The van der Waals surface area contributed by atoms with E-state index in [1.165, 1.54) is 7.11 Å². The highest BCUT2D eigenvalue weighted by Crippen LogP contribution is 2.22. The third-order valence-corrected chi connectivity index (χ3v) is 3.56. The zero-order valence-corrected chi connectivity index (χ0v) is 12.6. The van der Waals surface area contributed by atoms with Gasteiger partial charge in [-0.15, -0.1) is 0 Å². The minimum absolute atomic E-state index is 0.345. The molecule has 2 aromatic carbocycles. The van der Waals surface area contributed by atoms with Gasteiger partial charge in [0, 0.05) is 13.1 Å². The number of carbonyl (C=O) groups excluding carboxylic acids is 1. The third-order valence-electron chi connectivity index (χ3n) is 3.56. The summed E-state index contributed by atoms with van der Waals surface area (Å²) in [5.74, 6) is -1.06. The summed E-state index contributed by atoms with van der Waals surface area (Å²) in [6.07, 6.45) is -0.892. The Bertz CT molecular complexity index is 571. The summed E-state index contributed by atoms with van der Waals surface area (Å²) in [6.45, 7) is 0.980. The standard InChI is InChI=1S/C18H21NO3/c1-22-18(21)16(17(20)15-10-6-3-7-11-15)13-19-12-14-8-4-2-5-9-14/h2-11,16-17,19-20H,12-13H2,1H3/t16-,17+/m0/s1. The smallest absolute Gasteiger partial charge is 0.312 e. The predicted octanol–water partition coefficient (Wildman–Crippen LogP) is 2.30. The summed E-state index contributed by atoms with van der Waals surface area (Å²) in [6, 6.07) is 19.1. The Morgan fingerprint density at radius 1 is 1.09 bits per heavy atom. The van der Waals surface area contributed by atoms with E-state index in [4.69, 9.17) is 4.74 Å². The van der Waals surface area contributed by atoms with Crippen LogP contribution >= 0.6 is 0 Å². The van der Waals surface area contributed by atoms with Crippen LogP contribution in [-0.2, 0) is 16.1 Å². The third kappa shape index (κ3) is 4.41. The number of aliphatic hydroxyl groups is 1. The van der Waals surface area contributed by atoms with Crippen LogP contribution in [0.15, 0.2) is 60.7 Å². The highest BCUT2D eigenvalue weighted by molar-refractivity contribution is 5.73. The van der Waals surface area contributed by atoms with Gasteiger partial charge < -0.3 is 15.2 Å². The van der Waals surface area contributed by atoms with E-state index < -0.39 is 18.0 Å². The highest BCUT2D eigenvalue weighted by Gasteiger charge is 2.28. The molecule has 2 aromatic rings. The second kappa shape index (κ2) is 8.32. The van der Waals surface area contributed by atoms with Gasteiger partial charge in [-0.3, -0.25) is 4.79 Å². The molecule has 22 heavy (non-hydrogen) atoms. The topological polar surface area (TPSA) is 58.6 Å². The molecular weight excluding hydrogens is 278 g/mol. The normalized spacial score (nSPS) is 13.4. The molecule has 0 aliphatic carbocycles. The first kappa shape index (κ1) is 16.2. The van der Waals surface area contributed by atoms with Crippen molar-refractivity contribution in [1.82, 2.24) is 5.32 Å². The SMILES string of the molecule is COC(=O)[C@@H](CNCc1ccccc1)[C@H](O)c1ccccc1. The Morgan fingerprint density at radius 3 is 2.27 bits per heavy atom. The number of carbonyl (C=O) groups is 1. The van der Waals surface area contributed by atoms with Gasteiger partial charge in [0.15, 0.2) is 0 Å². The molecule has 0 unspecified atom stereocenters. The van der Waals surface area contributed by atoms with E-state index in [0.29, 0.717) is 18.7 Å². The fourth-order valence-electron chi connectivity index (χ4n) is 2.33. The average Bonchev–Trinajstić information content (AvgIpc) is 2.59. The van der Waals surface area contributed by atoms with Crippen molar-refractivity contribution in [3.63, 3.8) is 0 Å². The van der Waals surface area contributed by atoms with Crippen LogP contribution in [0, 0.1) is 5.92 Å². The lowest BCUT2D eigenvalue weighted by atomic mass is 9.95. The van der Waals surface area contributed by atoms with Crippen LogP contribution in [-0.4, -0.2) is 24.7 Å². The average molecular weight is 299 g/mol. The Morgan fingerprint density at radius 2 is 1.68 bits per heavy atom. The summed E-state index contributed by atoms with van der Waals surface area (Å²) in [7, 11) is 1.34.